The standard InChI is InChI=1S/C28H32N6O5S/c1-28(2,3)39-27(37)33-11-5-10-32(12-13-33)22-8-9-29-15-21(22)30-24(35)25-31-23(17-40-25)34-16-18-6-7-19(38-4)14-20(18)26(34)36/h6-9,14-17,36H,5,10-13H2,1-4H3,(H,30,35). The first-order valence-corrected chi connectivity index (χ1v) is 13.8. The molecule has 0 aliphatic carbocycles. The number of rotatable bonds is 5. The number of nitrogens with zero attached hydrogens (tertiary/aromatic N) is 5. The number of amides is 2. The highest BCUT2D eigenvalue weighted by Gasteiger charge is 2.26. The van der Waals surface area contributed by atoms with Crippen LogP contribution in [0.5, 0.6) is 11.6 Å². The summed E-state index contributed by atoms with van der Waals surface area (Å²) in [7, 11) is 1.57. The molecule has 1 saturated heterocycles. The van der Waals surface area contributed by atoms with Crippen LogP contribution in [-0.2, 0) is 4.74 Å². The molecular weight excluding hydrogens is 532 g/mol. The number of anilines is 2. The first-order valence-electron chi connectivity index (χ1n) is 12.9. The molecule has 1 fully saturated rings. The third kappa shape index (κ3) is 5.81. The Hall–Kier alpha value is -4.32. The average Bonchev–Trinajstić information content (AvgIpc) is 3.44. The minimum absolute atomic E-state index is 0.0160. The summed E-state index contributed by atoms with van der Waals surface area (Å²) >= 11 is 1.18. The van der Waals surface area contributed by atoms with Crippen molar-refractivity contribution >= 4 is 45.5 Å². The summed E-state index contributed by atoms with van der Waals surface area (Å²) in [6.45, 7) is 7.94. The molecule has 0 bridgehead atoms. The number of nitrogens with one attached hydrogen (secondary N) is 1. The molecule has 11 nitrogen and oxygen atoms in total. The van der Waals surface area contributed by atoms with Gasteiger partial charge in [0.2, 0.25) is 5.88 Å². The zero-order chi connectivity index (χ0) is 28.4. The molecule has 12 heteroatoms. The fourth-order valence-corrected chi connectivity index (χ4v) is 5.24. The number of pyridine rings is 1. The third-order valence-electron chi connectivity index (χ3n) is 6.47. The van der Waals surface area contributed by atoms with Gasteiger partial charge in [0.15, 0.2) is 10.8 Å². The number of ether oxygens (including phenoxy) is 2. The normalized spacial score (nSPS) is 14.2. The maximum absolute atomic E-state index is 13.2. The number of hydrogen-bond donors (Lipinski definition) is 2. The highest BCUT2D eigenvalue weighted by Crippen LogP contribution is 2.33. The summed E-state index contributed by atoms with van der Waals surface area (Å²) in [5.41, 5.74) is 0.814. The van der Waals surface area contributed by atoms with Gasteiger partial charge in [0.1, 0.15) is 11.4 Å². The van der Waals surface area contributed by atoms with Crippen LogP contribution in [0.25, 0.3) is 16.6 Å². The fourth-order valence-electron chi connectivity index (χ4n) is 4.56. The van der Waals surface area contributed by atoms with Crippen molar-refractivity contribution in [1.82, 2.24) is 19.4 Å². The zero-order valence-electron chi connectivity index (χ0n) is 22.9. The van der Waals surface area contributed by atoms with E-state index in [-0.39, 0.29) is 22.9 Å². The minimum Gasteiger partial charge on any atom is -0.497 e. The molecule has 4 aromatic rings. The van der Waals surface area contributed by atoms with Crippen LogP contribution in [0.1, 0.15) is 37.0 Å². The number of methoxy groups -OCH3 is 1. The van der Waals surface area contributed by atoms with Crippen LogP contribution in [0.15, 0.2) is 48.2 Å². The lowest BCUT2D eigenvalue weighted by atomic mass is 10.2. The van der Waals surface area contributed by atoms with Crippen LogP contribution < -0.4 is 15.0 Å². The number of aromatic hydroxyl groups is 1. The number of benzene rings is 1. The molecule has 1 aromatic carbocycles. The van der Waals surface area contributed by atoms with Crippen molar-refractivity contribution in [2.75, 3.05) is 43.5 Å². The lowest BCUT2D eigenvalue weighted by molar-refractivity contribution is 0.0263. The van der Waals surface area contributed by atoms with Crippen molar-refractivity contribution in [2.24, 2.45) is 0 Å². The number of hydrogen-bond acceptors (Lipinski definition) is 9. The summed E-state index contributed by atoms with van der Waals surface area (Å²) < 4.78 is 12.3. The second-order valence-corrected chi connectivity index (χ2v) is 11.3. The Morgan fingerprint density at radius 3 is 2.73 bits per heavy atom. The summed E-state index contributed by atoms with van der Waals surface area (Å²) in [5.74, 6) is 0.702. The number of fused-ring (bicyclic) bond motifs is 1. The van der Waals surface area contributed by atoms with E-state index >= 15 is 0 Å². The van der Waals surface area contributed by atoms with Crippen LogP contribution in [0.2, 0.25) is 0 Å². The van der Waals surface area contributed by atoms with E-state index in [1.807, 2.05) is 39.0 Å². The Balaban J connectivity index is 1.30. The van der Waals surface area contributed by atoms with E-state index in [4.69, 9.17) is 9.47 Å². The van der Waals surface area contributed by atoms with Crippen molar-refractivity contribution in [3.05, 3.63) is 53.2 Å². The first-order chi connectivity index (χ1) is 19.1. The van der Waals surface area contributed by atoms with E-state index in [2.05, 4.69) is 20.2 Å². The molecule has 5 rings (SSSR count). The van der Waals surface area contributed by atoms with Crippen molar-refractivity contribution < 1.29 is 24.2 Å². The summed E-state index contributed by atoms with van der Waals surface area (Å²) in [6.07, 6.45) is 5.48. The monoisotopic (exact) mass is 564 g/mol. The van der Waals surface area contributed by atoms with Gasteiger partial charge >= 0.3 is 6.09 Å². The molecule has 0 spiro atoms. The molecule has 2 amide bonds. The van der Waals surface area contributed by atoms with Crippen LogP contribution in [-0.4, -0.2) is 75.4 Å². The smallest absolute Gasteiger partial charge is 0.410 e. The van der Waals surface area contributed by atoms with Gasteiger partial charge in [-0.2, -0.15) is 0 Å². The maximum Gasteiger partial charge on any atom is 0.410 e. The molecule has 4 heterocycles. The third-order valence-corrected chi connectivity index (χ3v) is 7.29. The van der Waals surface area contributed by atoms with E-state index in [9.17, 15) is 14.7 Å². The number of carbonyl (C=O) groups is 2. The number of aromatic nitrogens is 3. The molecule has 0 saturated carbocycles. The van der Waals surface area contributed by atoms with Gasteiger partial charge in [0.25, 0.3) is 5.91 Å². The molecule has 0 atom stereocenters. The van der Waals surface area contributed by atoms with Crippen LogP contribution in [0.3, 0.4) is 0 Å². The highest BCUT2D eigenvalue weighted by molar-refractivity contribution is 7.12. The van der Waals surface area contributed by atoms with Gasteiger partial charge in [0.05, 0.1) is 24.7 Å². The van der Waals surface area contributed by atoms with Gasteiger partial charge in [-0.05, 0) is 51.5 Å². The quantitative estimate of drug-likeness (QED) is 0.351. The largest absolute Gasteiger partial charge is 0.497 e. The van der Waals surface area contributed by atoms with Crippen LogP contribution in [0, 0.1) is 0 Å². The molecule has 40 heavy (non-hydrogen) atoms. The van der Waals surface area contributed by atoms with Gasteiger partial charge in [-0.1, -0.05) is 0 Å². The number of thiazole rings is 1. The SMILES string of the molecule is COc1ccc2cn(-c3csc(C(=O)Nc4cnccc4N4CCCN(C(=O)OC(C)(C)C)CC4)n3)c(O)c2c1. The van der Waals surface area contributed by atoms with E-state index < -0.39 is 5.60 Å². The molecule has 1 aliphatic heterocycles. The Morgan fingerprint density at radius 1 is 1.12 bits per heavy atom. The molecule has 3 aromatic heterocycles. The Labute approximate surface area is 236 Å². The maximum atomic E-state index is 13.2. The zero-order valence-corrected chi connectivity index (χ0v) is 23.7. The first kappa shape index (κ1) is 27.3. The minimum atomic E-state index is -0.553. The summed E-state index contributed by atoms with van der Waals surface area (Å²) in [6, 6.07) is 7.27. The summed E-state index contributed by atoms with van der Waals surface area (Å²) in [4.78, 5) is 38.3. The second-order valence-electron chi connectivity index (χ2n) is 10.4. The lowest BCUT2D eigenvalue weighted by Crippen LogP contribution is -2.39. The van der Waals surface area contributed by atoms with E-state index in [1.54, 1.807) is 46.6 Å². The average molecular weight is 565 g/mol. The second kappa shape index (κ2) is 11.0. The van der Waals surface area contributed by atoms with Crippen molar-refractivity contribution in [2.45, 2.75) is 32.8 Å². The molecule has 1 aliphatic rings. The van der Waals surface area contributed by atoms with Crippen molar-refractivity contribution in [3.63, 3.8) is 0 Å². The fraction of sp³-hybridized carbons (Fsp3) is 0.357. The lowest BCUT2D eigenvalue weighted by Gasteiger charge is -2.27. The van der Waals surface area contributed by atoms with E-state index in [1.165, 1.54) is 11.3 Å². The van der Waals surface area contributed by atoms with Gasteiger partial charge in [0, 0.05) is 54.7 Å². The molecule has 2 N–H and O–H groups in total. The highest BCUT2D eigenvalue weighted by atomic mass is 32.1. The van der Waals surface area contributed by atoms with Gasteiger partial charge in [-0.15, -0.1) is 11.3 Å². The summed E-state index contributed by atoms with van der Waals surface area (Å²) in [5, 5.41) is 17.1. The van der Waals surface area contributed by atoms with Crippen molar-refractivity contribution in [1.29, 1.82) is 0 Å². The van der Waals surface area contributed by atoms with Crippen LogP contribution in [0.4, 0.5) is 16.2 Å². The topological polar surface area (TPSA) is 122 Å². The predicted molar refractivity (Wildman–Crippen MR) is 154 cm³/mol. The molecule has 210 valence electrons. The molecular formula is C28H32N6O5S. The molecule has 0 unspecified atom stereocenters. The predicted octanol–water partition coefficient (Wildman–Crippen LogP) is 4.90. The van der Waals surface area contributed by atoms with Gasteiger partial charge in [-0.3, -0.25) is 14.3 Å². The molecule has 0 radical (unpaired) electrons. The Bertz CT molecular complexity index is 1540. The number of carbonyl (C=O) groups excluding carboxylic acids is 2. The van der Waals surface area contributed by atoms with Crippen LogP contribution >= 0.6 is 11.3 Å². The van der Waals surface area contributed by atoms with Gasteiger partial charge in [-0.25, -0.2) is 9.78 Å². The van der Waals surface area contributed by atoms with E-state index in [0.29, 0.717) is 48.8 Å². The van der Waals surface area contributed by atoms with Crippen molar-refractivity contribution in [3.8, 4) is 17.4 Å². The Kier molecular flexibility index (Phi) is 7.53. The van der Waals surface area contributed by atoms with E-state index in [0.717, 1.165) is 17.5 Å². The van der Waals surface area contributed by atoms with Gasteiger partial charge < -0.3 is 29.7 Å². The Morgan fingerprint density at radius 2 is 1.95 bits per heavy atom.